The number of pyridine rings is 1. The standard InChI is InChI=1S/C28H31N5O3/c1-20(2)10-11-26(34)31-12-14-32(15-13-31)28(35)23-17-25(21-7-4-3-5-8-21)30-27-24(23)18-29-33(27)19-22-9-6-16-36-22/h3-9,16-18,20H,10-15,19H2,1-2H3. The van der Waals surface area contributed by atoms with E-state index in [1.54, 1.807) is 17.1 Å². The lowest BCUT2D eigenvalue weighted by Gasteiger charge is -2.35. The van der Waals surface area contributed by atoms with Gasteiger partial charge in [-0.1, -0.05) is 44.2 Å². The summed E-state index contributed by atoms with van der Waals surface area (Å²) in [5.41, 5.74) is 2.86. The van der Waals surface area contributed by atoms with Crippen molar-refractivity contribution in [1.82, 2.24) is 24.6 Å². The predicted molar refractivity (Wildman–Crippen MR) is 137 cm³/mol. The molecule has 1 aliphatic rings. The molecule has 0 spiro atoms. The van der Waals surface area contributed by atoms with E-state index in [1.807, 2.05) is 58.3 Å². The summed E-state index contributed by atoms with van der Waals surface area (Å²) in [6, 6.07) is 15.4. The van der Waals surface area contributed by atoms with E-state index < -0.39 is 0 Å². The maximum atomic E-state index is 13.8. The summed E-state index contributed by atoms with van der Waals surface area (Å²) >= 11 is 0. The molecule has 8 nitrogen and oxygen atoms in total. The summed E-state index contributed by atoms with van der Waals surface area (Å²) in [6.45, 7) is 6.81. The minimum absolute atomic E-state index is 0.0635. The fraction of sp³-hybridized carbons (Fsp3) is 0.357. The van der Waals surface area contributed by atoms with Crippen LogP contribution in [0.4, 0.5) is 0 Å². The summed E-state index contributed by atoms with van der Waals surface area (Å²) in [5, 5.41) is 5.24. The second kappa shape index (κ2) is 10.4. The van der Waals surface area contributed by atoms with Crippen molar-refractivity contribution in [3.05, 3.63) is 72.3 Å². The molecule has 2 amide bonds. The lowest BCUT2D eigenvalue weighted by molar-refractivity contribution is -0.132. The molecule has 0 bridgehead atoms. The van der Waals surface area contributed by atoms with Crippen LogP contribution in [0.1, 0.15) is 42.8 Å². The van der Waals surface area contributed by atoms with Gasteiger partial charge in [-0.2, -0.15) is 5.10 Å². The van der Waals surface area contributed by atoms with Gasteiger partial charge in [0.2, 0.25) is 5.91 Å². The van der Waals surface area contributed by atoms with Crippen LogP contribution < -0.4 is 0 Å². The molecule has 0 unspecified atom stereocenters. The third-order valence-corrected chi connectivity index (χ3v) is 6.65. The number of hydrogen-bond acceptors (Lipinski definition) is 5. The third kappa shape index (κ3) is 5.03. The highest BCUT2D eigenvalue weighted by atomic mass is 16.3. The highest BCUT2D eigenvalue weighted by Crippen LogP contribution is 2.27. The number of carbonyl (C=O) groups excluding carboxylic acids is 2. The molecule has 1 fully saturated rings. The second-order valence-electron chi connectivity index (χ2n) is 9.65. The zero-order valence-corrected chi connectivity index (χ0v) is 20.8. The summed E-state index contributed by atoms with van der Waals surface area (Å²) in [6.07, 6.45) is 4.79. The number of aromatic nitrogens is 3. The zero-order chi connectivity index (χ0) is 25.1. The number of hydrogen-bond donors (Lipinski definition) is 0. The smallest absolute Gasteiger partial charge is 0.254 e. The van der Waals surface area contributed by atoms with Crippen LogP contribution in [0.2, 0.25) is 0 Å². The molecule has 36 heavy (non-hydrogen) atoms. The summed E-state index contributed by atoms with van der Waals surface area (Å²) < 4.78 is 7.27. The van der Waals surface area contributed by atoms with Crippen molar-refractivity contribution in [2.24, 2.45) is 5.92 Å². The van der Waals surface area contributed by atoms with Crippen LogP contribution >= 0.6 is 0 Å². The van der Waals surface area contributed by atoms with E-state index >= 15 is 0 Å². The molecule has 5 rings (SSSR count). The summed E-state index contributed by atoms with van der Waals surface area (Å²) in [4.78, 5) is 34.9. The fourth-order valence-corrected chi connectivity index (χ4v) is 4.55. The Hall–Kier alpha value is -3.94. The van der Waals surface area contributed by atoms with E-state index in [2.05, 4.69) is 18.9 Å². The van der Waals surface area contributed by atoms with Gasteiger partial charge >= 0.3 is 0 Å². The van der Waals surface area contributed by atoms with Crippen molar-refractivity contribution < 1.29 is 14.0 Å². The number of piperazine rings is 1. The Balaban J connectivity index is 1.42. The van der Waals surface area contributed by atoms with Gasteiger partial charge in [0.05, 0.1) is 29.1 Å². The third-order valence-electron chi connectivity index (χ3n) is 6.65. The Morgan fingerprint density at radius 2 is 1.75 bits per heavy atom. The van der Waals surface area contributed by atoms with Crippen molar-refractivity contribution in [2.75, 3.05) is 26.2 Å². The fourth-order valence-electron chi connectivity index (χ4n) is 4.55. The molecule has 0 atom stereocenters. The maximum absolute atomic E-state index is 13.8. The van der Waals surface area contributed by atoms with E-state index in [0.29, 0.717) is 61.7 Å². The lowest BCUT2D eigenvalue weighted by Crippen LogP contribution is -2.50. The van der Waals surface area contributed by atoms with Gasteiger partial charge in [-0.3, -0.25) is 9.59 Å². The van der Waals surface area contributed by atoms with E-state index in [1.165, 1.54) is 0 Å². The Morgan fingerprint density at radius 3 is 2.44 bits per heavy atom. The van der Waals surface area contributed by atoms with Crippen LogP contribution in [0.15, 0.2) is 65.4 Å². The summed E-state index contributed by atoms with van der Waals surface area (Å²) in [5.74, 6) is 1.37. The molecule has 1 saturated heterocycles. The monoisotopic (exact) mass is 485 g/mol. The number of amides is 2. The highest BCUT2D eigenvalue weighted by molar-refractivity contribution is 6.06. The number of furan rings is 1. The molecule has 186 valence electrons. The van der Waals surface area contributed by atoms with Crippen molar-refractivity contribution in [2.45, 2.75) is 33.2 Å². The van der Waals surface area contributed by atoms with Gasteiger partial charge in [-0.05, 0) is 30.5 Å². The van der Waals surface area contributed by atoms with Gasteiger partial charge < -0.3 is 14.2 Å². The largest absolute Gasteiger partial charge is 0.467 e. The van der Waals surface area contributed by atoms with Gasteiger partial charge in [0.1, 0.15) is 12.3 Å². The molecule has 0 aliphatic carbocycles. The molecule has 0 N–H and O–H groups in total. The van der Waals surface area contributed by atoms with Crippen molar-refractivity contribution >= 4 is 22.8 Å². The van der Waals surface area contributed by atoms with Crippen molar-refractivity contribution in [3.8, 4) is 11.3 Å². The van der Waals surface area contributed by atoms with Crippen LogP contribution in [0.25, 0.3) is 22.3 Å². The van der Waals surface area contributed by atoms with Gasteiger partial charge in [-0.15, -0.1) is 0 Å². The van der Waals surface area contributed by atoms with Gasteiger partial charge in [0, 0.05) is 38.2 Å². The van der Waals surface area contributed by atoms with Crippen LogP contribution in [0.5, 0.6) is 0 Å². The molecule has 1 aliphatic heterocycles. The van der Waals surface area contributed by atoms with E-state index in [4.69, 9.17) is 9.40 Å². The number of fused-ring (bicyclic) bond motifs is 1. The molecule has 1 aromatic carbocycles. The molecular weight excluding hydrogens is 454 g/mol. The lowest BCUT2D eigenvalue weighted by atomic mass is 10.1. The molecule has 3 aromatic heterocycles. The first-order chi connectivity index (χ1) is 17.5. The average Bonchev–Trinajstić information content (AvgIpc) is 3.57. The minimum atomic E-state index is -0.0635. The topological polar surface area (TPSA) is 84.5 Å². The Labute approximate surface area is 210 Å². The second-order valence-corrected chi connectivity index (χ2v) is 9.65. The van der Waals surface area contributed by atoms with E-state index in [0.717, 1.165) is 23.4 Å². The SMILES string of the molecule is CC(C)CCC(=O)N1CCN(C(=O)c2cc(-c3ccccc3)nc3c2cnn3Cc2ccco2)CC1. The highest BCUT2D eigenvalue weighted by Gasteiger charge is 2.27. The normalized spacial score (nSPS) is 14.1. The Kier molecular flexibility index (Phi) is 6.84. The minimum Gasteiger partial charge on any atom is -0.467 e. The Bertz CT molecular complexity index is 1340. The zero-order valence-electron chi connectivity index (χ0n) is 20.8. The first-order valence-electron chi connectivity index (χ1n) is 12.5. The number of nitrogens with zero attached hydrogens (tertiary/aromatic N) is 5. The molecule has 4 heterocycles. The van der Waals surface area contributed by atoms with Crippen LogP contribution in [0, 0.1) is 5.92 Å². The maximum Gasteiger partial charge on any atom is 0.254 e. The van der Waals surface area contributed by atoms with Crippen LogP contribution in [0.3, 0.4) is 0 Å². The molecule has 8 heteroatoms. The molecular formula is C28H31N5O3. The summed E-state index contributed by atoms with van der Waals surface area (Å²) in [7, 11) is 0. The van der Waals surface area contributed by atoms with Gasteiger partial charge in [0.25, 0.3) is 5.91 Å². The van der Waals surface area contributed by atoms with Crippen LogP contribution in [-0.4, -0.2) is 62.6 Å². The number of rotatable bonds is 7. The van der Waals surface area contributed by atoms with Crippen LogP contribution in [-0.2, 0) is 11.3 Å². The first kappa shape index (κ1) is 23.8. The number of benzene rings is 1. The van der Waals surface area contributed by atoms with E-state index in [9.17, 15) is 9.59 Å². The molecule has 4 aromatic rings. The van der Waals surface area contributed by atoms with Gasteiger partial charge in [-0.25, -0.2) is 9.67 Å². The first-order valence-corrected chi connectivity index (χ1v) is 12.5. The van der Waals surface area contributed by atoms with Crippen molar-refractivity contribution in [3.63, 3.8) is 0 Å². The average molecular weight is 486 g/mol. The Morgan fingerprint density at radius 1 is 1.00 bits per heavy atom. The predicted octanol–water partition coefficient (Wildman–Crippen LogP) is 4.46. The molecule has 0 radical (unpaired) electrons. The number of carbonyl (C=O) groups is 2. The van der Waals surface area contributed by atoms with Crippen molar-refractivity contribution in [1.29, 1.82) is 0 Å². The van der Waals surface area contributed by atoms with E-state index in [-0.39, 0.29) is 11.8 Å². The van der Waals surface area contributed by atoms with Gasteiger partial charge in [0.15, 0.2) is 5.65 Å². The quantitative estimate of drug-likeness (QED) is 0.386. The molecule has 0 saturated carbocycles.